The topological polar surface area (TPSA) is 118 Å². The first-order chi connectivity index (χ1) is 19.5. The first-order valence-electron chi connectivity index (χ1n) is 13.9. The lowest BCUT2D eigenvalue weighted by molar-refractivity contribution is -0.00716. The predicted molar refractivity (Wildman–Crippen MR) is 147 cm³/mol. The summed E-state index contributed by atoms with van der Waals surface area (Å²) in [5.74, 6) is 0.503. The normalized spacial score (nSPS) is 22.4. The van der Waals surface area contributed by atoms with Crippen molar-refractivity contribution in [3.63, 3.8) is 0 Å². The van der Waals surface area contributed by atoms with Crippen LogP contribution in [0.25, 0.3) is 0 Å². The molecule has 3 aromatic rings. The zero-order chi connectivity index (χ0) is 27.6. The van der Waals surface area contributed by atoms with Gasteiger partial charge < -0.3 is 30.1 Å². The molecule has 4 heterocycles. The Morgan fingerprint density at radius 2 is 1.85 bits per heavy atom. The maximum absolute atomic E-state index is 13.1. The molecule has 3 aliphatic rings. The third-order valence-corrected chi connectivity index (χ3v) is 8.29. The zero-order valence-electron chi connectivity index (χ0n) is 22.6. The number of rotatable bonds is 8. The van der Waals surface area contributed by atoms with Crippen molar-refractivity contribution in [1.29, 1.82) is 0 Å². The quantitative estimate of drug-likeness (QED) is 0.395. The molecule has 40 heavy (non-hydrogen) atoms. The van der Waals surface area contributed by atoms with Gasteiger partial charge in [0.05, 0.1) is 37.1 Å². The zero-order valence-corrected chi connectivity index (χ0v) is 22.6. The Morgan fingerprint density at radius 3 is 2.58 bits per heavy atom. The van der Waals surface area contributed by atoms with Gasteiger partial charge in [-0.2, -0.15) is 5.10 Å². The lowest BCUT2D eigenvalue weighted by Crippen LogP contribution is -2.49. The van der Waals surface area contributed by atoms with E-state index in [0.29, 0.717) is 43.9 Å². The second-order valence-corrected chi connectivity index (χ2v) is 10.8. The summed E-state index contributed by atoms with van der Waals surface area (Å²) in [6.07, 6.45) is 3.59. The lowest BCUT2D eigenvalue weighted by atomic mass is 9.92. The van der Waals surface area contributed by atoms with Crippen LogP contribution in [0, 0.1) is 0 Å². The van der Waals surface area contributed by atoms with Crippen molar-refractivity contribution in [1.82, 2.24) is 25.3 Å². The van der Waals surface area contributed by atoms with Gasteiger partial charge in [-0.1, -0.05) is 6.07 Å². The number of nitrogens with one attached hydrogen (secondary N) is 2. The highest BCUT2D eigenvalue weighted by molar-refractivity contribution is 5.98. The van der Waals surface area contributed by atoms with Crippen molar-refractivity contribution in [2.24, 2.45) is 7.05 Å². The highest BCUT2D eigenvalue weighted by Crippen LogP contribution is 2.30. The van der Waals surface area contributed by atoms with Crippen LogP contribution in [0.5, 0.6) is 5.75 Å². The number of aliphatic hydroxyl groups is 1. The summed E-state index contributed by atoms with van der Waals surface area (Å²) < 4.78 is 13.3. The number of aliphatic hydroxyl groups excluding tert-OH is 1. The van der Waals surface area contributed by atoms with E-state index >= 15 is 0 Å². The first kappa shape index (κ1) is 26.5. The van der Waals surface area contributed by atoms with Gasteiger partial charge >= 0.3 is 0 Å². The van der Waals surface area contributed by atoms with Gasteiger partial charge in [0.2, 0.25) is 0 Å². The molecule has 0 spiro atoms. The number of hydrogen-bond donors (Lipinski definition) is 3. The molecule has 3 aliphatic heterocycles. The van der Waals surface area contributed by atoms with E-state index in [1.165, 1.54) is 0 Å². The Balaban J connectivity index is 0.991. The van der Waals surface area contributed by atoms with Crippen LogP contribution < -0.4 is 15.4 Å². The Labute approximate surface area is 233 Å². The Morgan fingerprint density at radius 1 is 1.10 bits per heavy atom. The van der Waals surface area contributed by atoms with E-state index in [4.69, 9.17) is 9.47 Å². The molecule has 210 valence electrons. The number of carbonyl (C=O) groups excluding carboxylic acids is 2. The summed E-state index contributed by atoms with van der Waals surface area (Å²) in [7, 11) is 1.89. The standard InChI is InChI=1S/C30H35N5O5/c1-34-23(10-11-33-34)18-40-26-9-6-21-13-27(31-14-22(21)12-26)28(36)15-32-29(37)19-2-4-20(5-3-19)30(38)35-24-7-8-25(35)17-39-16-24/h2-6,9-12,24-25,27-28,31,36H,7-8,13-18H2,1H3,(H,32,37)/t24?,25?,27-,28?/m0/s1. The van der Waals surface area contributed by atoms with Crippen LogP contribution in [0.4, 0.5) is 0 Å². The summed E-state index contributed by atoms with van der Waals surface area (Å²) in [5, 5.41) is 21.2. The molecule has 10 nitrogen and oxygen atoms in total. The van der Waals surface area contributed by atoms with Gasteiger partial charge in [-0.05, 0) is 72.9 Å². The first-order valence-corrected chi connectivity index (χ1v) is 13.9. The van der Waals surface area contributed by atoms with Crippen molar-refractivity contribution < 1.29 is 24.2 Å². The van der Waals surface area contributed by atoms with E-state index in [1.54, 1.807) is 35.1 Å². The van der Waals surface area contributed by atoms with E-state index in [-0.39, 0.29) is 36.5 Å². The number of hydrogen-bond acceptors (Lipinski definition) is 7. The van der Waals surface area contributed by atoms with Gasteiger partial charge in [-0.25, -0.2) is 0 Å². The van der Waals surface area contributed by atoms with Gasteiger partial charge in [-0.15, -0.1) is 0 Å². The maximum atomic E-state index is 13.1. The maximum Gasteiger partial charge on any atom is 0.254 e. The van der Waals surface area contributed by atoms with E-state index in [1.807, 2.05) is 36.2 Å². The number of morpholine rings is 1. The van der Waals surface area contributed by atoms with Crippen LogP contribution in [0.3, 0.4) is 0 Å². The summed E-state index contributed by atoms with van der Waals surface area (Å²) >= 11 is 0. The minimum atomic E-state index is -0.754. The average molecular weight is 546 g/mol. The predicted octanol–water partition coefficient (Wildman–Crippen LogP) is 1.81. The van der Waals surface area contributed by atoms with Crippen molar-refractivity contribution in [2.45, 2.75) is 56.6 Å². The molecule has 4 atom stereocenters. The number of aryl methyl sites for hydroxylation is 1. The average Bonchev–Trinajstić information content (AvgIpc) is 3.51. The second-order valence-electron chi connectivity index (χ2n) is 10.8. The van der Waals surface area contributed by atoms with E-state index < -0.39 is 6.10 Å². The van der Waals surface area contributed by atoms with Crippen molar-refractivity contribution >= 4 is 11.8 Å². The summed E-state index contributed by atoms with van der Waals surface area (Å²) in [4.78, 5) is 27.8. The fraction of sp³-hybridized carbons (Fsp3) is 0.433. The van der Waals surface area contributed by atoms with Crippen molar-refractivity contribution in [3.8, 4) is 5.75 Å². The molecule has 2 saturated heterocycles. The molecule has 0 saturated carbocycles. The Hall–Kier alpha value is -3.73. The molecule has 3 N–H and O–H groups in total. The molecular weight excluding hydrogens is 510 g/mol. The summed E-state index contributed by atoms with van der Waals surface area (Å²) in [5.41, 5.74) is 4.30. The lowest BCUT2D eigenvalue weighted by Gasteiger charge is -2.34. The molecule has 6 rings (SSSR count). The number of aromatic nitrogens is 2. The monoisotopic (exact) mass is 545 g/mol. The molecule has 0 aliphatic carbocycles. The van der Waals surface area contributed by atoms with Crippen LogP contribution in [-0.4, -0.2) is 75.6 Å². The van der Waals surface area contributed by atoms with E-state index in [2.05, 4.69) is 15.7 Å². The van der Waals surface area contributed by atoms with Gasteiger partial charge in [0, 0.05) is 43.5 Å². The van der Waals surface area contributed by atoms with E-state index in [9.17, 15) is 14.7 Å². The minimum Gasteiger partial charge on any atom is -0.487 e. The van der Waals surface area contributed by atoms with Gasteiger partial charge in [0.1, 0.15) is 12.4 Å². The number of nitrogens with zero attached hydrogens (tertiary/aromatic N) is 3. The Kier molecular flexibility index (Phi) is 7.55. The molecule has 3 unspecified atom stereocenters. The largest absolute Gasteiger partial charge is 0.487 e. The van der Waals surface area contributed by atoms with Gasteiger partial charge in [-0.3, -0.25) is 14.3 Å². The highest BCUT2D eigenvalue weighted by Gasteiger charge is 2.40. The summed E-state index contributed by atoms with van der Waals surface area (Å²) in [6, 6.07) is 14.8. The second kappa shape index (κ2) is 11.4. The molecule has 0 radical (unpaired) electrons. The fourth-order valence-corrected chi connectivity index (χ4v) is 5.89. The van der Waals surface area contributed by atoms with E-state index in [0.717, 1.165) is 35.4 Å². The van der Waals surface area contributed by atoms with Crippen molar-refractivity contribution in [2.75, 3.05) is 19.8 Å². The SMILES string of the molecule is Cn1nccc1COc1ccc2c(c1)CN[C@H](C(O)CNC(=O)c1ccc(C(=O)N3C4CCC3COC4)cc1)C2. The van der Waals surface area contributed by atoms with Crippen LogP contribution in [0.1, 0.15) is 50.4 Å². The fourth-order valence-electron chi connectivity index (χ4n) is 5.89. The summed E-state index contributed by atoms with van der Waals surface area (Å²) in [6.45, 7) is 2.35. The minimum absolute atomic E-state index is 0.00562. The smallest absolute Gasteiger partial charge is 0.254 e. The third kappa shape index (κ3) is 5.47. The number of benzene rings is 2. The van der Waals surface area contributed by atoms with Crippen LogP contribution >= 0.6 is 0 Å². The molecule has 10 heteroatoms. The van der Waals surface area contributed by atoms with Gasteiger partial charge in [0.25, 0.3) is 11.8 Å². The molecule has 2 fully saturated rings. The number of carbonyl (C=O) groups is 2. The van der Waals surface area contributed by atoms with Crippen LogP contribution in [0.15, 0.2) is 54.7 Å². The molecule has 2 amide bonds. The molecular formula is C30H35N5O5. The molecule has 2 bridgehead atoms. The number of ether oxygens (including phenoxy) is 2. The van der Waals surface area contributed by atoms with Crippen LogP contribution in [0.2, 0.25) is 0 Å². The van der Waals surface area contributed by atoms with Crippen molar-refractivity contribution in [3.05, 3.63) is 82.7 Å². The number of fused-ring (bicyclic) bond motifs is 3. The Bertz CT molecular complexity index is 1360. The molecule has 1 aromatic heterocycles. The third-order valence-electron chi connectivity index (χ3n) is 8.29. The van der Waals surface area contributed by atoms with Gasteiger partial charge in [0.15, 0.2) is 0 Å². The van der Waals surface area contributed by atoms with Crippen LogP contribution in [-0.2, 0) is 31.4 Å². The molecule has 2 aromatic carbocycles. The number of amides is 2. The highest BCUT2D eigenvalue weighted by atomic mass is 16.5.